The van der Waals surface area contributed by atoms with Crippen LogP contribution in [0.1, 0.15) is 24.2 Å². The molecular weight excluding hydrogens is 242 g/mol. The number of rotatable bonds is 1. The molecule has 1 saturated heterocycles. The minimum Gasteiger partial charge on any atom is -0.470 e. The lowest BCUT2D eigenvalue weighted by atomic mass is 10.2. The lowest BCUT2D eigenvalue weighted by molar-refractivity contribution is 0.0679. The second-order valence-electron chi connectivity index (χ2n) is 5.54. The quantitative estimate of drug-likeness (QED) is 0.757. The van der Waals surface area contributed by atoms with E-state index in [1.165, 1.54) is 0 Å². The number of amides is 1. The van der Waals surface area contributed by atoms with Gasteiger partial charge in [-0.05, 0) is 26.0 Å². The monoisotopic (exact) mass is 261 g/mol. The second-order valence-corrected chi connectivity index (χ2v) is 5.54. The van der Waals surface area contributed by atoms with E-state index in [9.17, 15) is 4.79 Å². The number of ether oxygens (including phenoxy) is 1. The molecule has 19 heavy (non-hydrogen) atoms. The zero-order chi connectivity index (χ0) is 13.6. The number of nitrogens with zero attached hydrogens (tertiary/aromatic N) is 3. The molecule has 5 nitrogen and oxygen atoms in total. The van der Waals surface area contributed by atoms with Crippen molar-refractivity contribution in [3.8, 4) is 5.88 Å². The van der Waals surface area contributed by atoms with E-state index in [4.69, 9.17) is 4.74 Å². The Morgan fingerprint density at radius 1 is 1.42 bits per heavy atom. The van der Waals surface area contributed by atoms with Crippen LogP contribution in [0.5, 0.6) is 5.88 Å². The molecule has 2 aliphatic heterocycles. The molecular formula is C14H19N3O2. The van der Waals surface area contributed by atoms with Crippen LogP contribution in [0.15, 0.2) is 18.3 Å². The van der Waals surface area contributed by atoms with Crippen molar-refractivity contribution in [3.05, 3.63) is 23.9 Å². The number of likely N-dealkylation sites (tertiary alicyclic amines) is 1. The van der Waals surface area contributed by atoms with Gasteiger partial charge < -0.3 is 9.64 Å². The molecule has 1 aromatic rings. The molecule has 0 bridgehead atoms. The van der Waals surface area contributed by atoms with E-state index in [-0.39, 0.29) is 18.1 Å². The first-order chi connectivity index (χ1) is 9.08. The summed E-state index contributed by atoms with van der Waals surface area (Å²) in [6.07, 6.45) is 1.68. The van der Waals surface area contributed by atoms with Crippen molar-refractivity contribution in [1.82, 2.24) is 14.8 Å². The van der Waals surface area contributed by atoms with E-state index in [1.54, 1.807) is 23.2 Å². The first-order valence-electron chi connectivity index (χ1n) is 6.71. The van der Waals surface area contributed by atoms with Gasteiger partial charge in [0.1, 0.15) is 11.7 Å². The highest BCUT2D eigenvalue weighted by Crippen LogP contribution is 2.29. The smallest absolute Gasteiger partial charge is 0.259 e. The summed E-state index contributed by atoms with van der Waals surface area (Å²) in [6.45, 7) is 6.03. The average molecular weight is 261 g/mol. The van der Waals surface area contributed by atoms with E-state index in [0.29, 0.717) is 17.5 Å². The van der Waals surface area contributed by atoms with Gasteiger partial charge in [-0.25, -0.2) is 4.98 Å². The number of likely N-dealkylation sites (N-methyl/N-ethyl adjacent to an activating group) is 1. The van der Waals surface area contributed by atoms with Crippen molar-refractivity contribution < 1.29 is 9.53 Å². The average Bonchev–Trinajstić information content (AvgIpc) is 2.78. The van der Waals surface area contributed by atoms with Gasteiger partial charge >= 0.3 is 0 Å². The standard InChI is InChI=1S/C14H19N3O2/c1-9(2)17-7-11-12(8-17)19-13-10(5-4-6-15-13)14(18)16(11)3/h4-6,9,11-12H,7-8H2,1-3H3. The molecule has 0 saturated carbocycles. The van der Waals surface area contributed by atoms with Gasteiger partial charge in [-0.3, -0.25) is 9.69 Å². The maximum Gasteiger partial charge on any atom is 0.259 e. The van der Waals surface area contributed by atoms with Crippen molar-refractivity contribution in [2.45, 2.75) is 32.0 Å². The Morgan fingerprint density at radius 3 is 2.95 bits per heavy atom. The van der Waals surface area contributed by atoms with Gasteiger partial charge in [0.15, 0.2) is 0 Å². The zero-order valence-corrected chi connectivity index (χ0v) is 11.5. The Hall–Kier alpha value is -1.62. The number of hydrogen-bond acceptors (Lipinski definition) is 4. The summed E-state index contributed by atoms with van der Waals surface area (Å²) in [5, 5.41) is 0. The largest absolute Gasteiger partial charge is 0.470 e. The van der Waals surface area contributed by atoms with Gasteiger partial charge in [0.25, 0.3) is 5.91 Å². The van der Waals surface area contributed by atoms with Gasteiger partial charge in [0.2, 0.25) is 5.88 Å². The van der Waals surface area contributed by atoms with Crippen molar-refractivity contribution in [2.24, 2.45) is 0 Å². The summed E-state index contributed by atoms with van der Waals surface area (Å²) in [4.78, 5) is 20.8. The molecule has 5 heteroatoms. The third-order valence-corrected chi connectivity index (χ3v) is 4.08. The number of carbonyl (C=O) groups excluding carboxylic acids is 1. The normalized spacial score (nSPS) is 26.9. The molecule has 3 rings (SSSR count). The summed E-state index contributed by atoms with van der Waals surface area (Å²) in [7, 11) is 1.86. The molecule has 2 atom stereocenters. The molecule has 0 N–H and O–H groups in total. The van der Waals surface area contributed by atoms with Crippen molar-refractivity contribution >= 4 is 5.91 Å². The molecule has 102 valence electrons. The Labute approximate surface area is 113 Å². The molecule has 2 aliphatic rings. The SMILES string of the molecule is CC(C)N1CC2Oc3ncccc3C(=O)N(C)C2C1. The first kappa shape index (κ1) is 12.4. The topological polar surface area (TPSA) is 45.7 Å². The molecule has 0 aliphatic carbocycles. The highest BCUT2D eigenvalue weighted by Gasteiger charge is 2.43. The van der Waals surface area contributed by atoms with Gasteiger partial charge in [0, 0.05) is 32.4 Å². The van der Waals surface area contributed by atoms with Crippen molar-refractivity contribution in [2.75, 3.05) is 20.1 Å². The van der Waals surface area contributed by atoms with Crippen LogP contribution in [0.25, 0.3) is 0 Å². The number of hydrogen-bond donors (Lipinski definition) is 0. The first-order valence-corrected chi connectivity index (χ1v) is 6.71. The summed E-state index contributed by atoms with van der Waals surface area (Å²) < 4.78 is 5.99. The van der Waals surface area contributed by atoms with E-state index in [0.717, 1.165) is 13.1 Å². The number of carbonyl (C=O) groups is 1. The van der Waals surface area contributed by atoms with Crippen LogP contribution in [0.3, 0.4) is 0 Å². The maximum absolute atomic E-state index is 12.4. The molecule has 2 unspecified atom stereocenters. The minimum atomic E-state index is 0.00112. The Morgan fingerprint density at radius 2 is 2.21 bits per heavy atom. The molecule has 1 amide bonds. The van der Waals surface area contributed by atoms with Crippen molar-refractivity contribution in [1.29, 1.82) is 0 Å². The molecule has 1 aromatic heterocycles. The number of pyridine rings is 1. The predicted octanol–water partition coefficient (Wildman–Crippen LogP) is 1.01. The minimum absolute atomic E-state index is 0.00112. The van der Waals surface area contributed by atoms with Gasteiger partial charge in [0.05, 0.1) is 6.04 Å². The van der Waals surface area contributed by atoms with Crippen LogP contribution >= 0.6 is 0 Å². The molecule has 0 aromatic carbocycles. The van der Waals surface area contributed by atoms with Gasteiger partial charge in [-0.2, -0.15) is 0 Å². The second kappa shape index (κ2) is 4.49. The molecule has 0 spiro atoms. The zero-order valence-electron chi connectivity index (χ0n) is 11.5. The number of fused-ring (bicyclic) bond motifs is 2. The Kier molecular flexibility index (Phi) is 2.93. The summed E-state index contributed by atoms with van der Waals surface area (Å²) in [5.74, 6) is 0.471. The van der Waals surface area contributed by atoms with Crippen LogP contribution in [0, 0.1) is 0 Å². The molecule has 1 fully saturated rings. The highest BCUT2D eigenvalue weighted by atomic mass is 16.5. The summed E-state index contributed by atoms with van der Waals surface area (Å²) in [5.41, 5.74) is 0.565. The van der Waals surface area contributed by atoms with Gasteiger partial charge in [-0.15, -0.1) is 0 Å². The summed E-state index contributed by atoms with van der Waals surface area (Å²) in [6, 6.07) is 4.11. The fourth-order valence-electron chi connectivity index (χ4n) is 2.83. The van der Waals surface area contributed by atoms with E-state index >= 15 is 0 Å². The van der Waals surface area contributed by atoms with Crippen LogP contribution in [-0.4, -0.2) is 59.0 Å². The molecule has 3 heterocycles. The van der Waals surface area contributed by atoms with Gasteiger partial charge in [-0.1, -0.05) is 0 Å². The lowest BCUT2D eigenvalue weighted by Crippen LogP contribution is -2.44. The Balaban J connectivity index is 1.95. The highest BCUT2D eigenvalue weighted by molar-refractivity contribution is 5.96. The fraction of sp³-hybridized carbons (Fsp3) is 0.571. The molecule has 0 radical (unpaired) electrons. The lowest BCUT2D eigenvalue weighted by Gasteiger charge is -2.25. The summed E-state index contributed by atoms with van der Waals surface area (Å²) >= 11 is 0. The van der Waals surface area contributed by atoms with Crippen LogP contribution in [-0.2, 0) is 0 Å². The van der Waals surface area contributed by atoms with Crippen molar-refractivity contribution in [3.63, 3.8) is 0 Å². The van der Waals surface area contributed by atoms with Crippen LogP contribution in [0.2, 0.25) is 0 Å². The third-order valence-electron chi connectivity index (χ3n) is 4.08. The predicted molar refractivity (Wildman–Crippen MR) is 71.2 cm³/mol. The Bertz CT molecular complexity index is 503. The maximum atomic E-state index is 12.4. The van der Waals surface area contributed by atoms with Crippen LogP contribution in [0.4, 0.5) is 0 Å². The number of aromatic nitrogens is 1. The van der Waals surface area contributed by atoms with E-state index in [2.05, 4.69) is 23.7 Å². The third kappa shape index (κ3) is 1.98. The van der Waals surface area contributed by atoms with E-state index in [1.807, 2.05) is 7.05 Å². The fourth-order valence-corrected chi connectivity index (χ4v) is 2.83. The van der Waals surface area contributed by atoms with Crippen LogP contribution < -0.4 is 4.74 Å². The van der Waals surface area contributed by atoms with E-state index < -0.39 is 0 Å².